The number of ether oxygens (including phenoxy) is 2. The third-order valence-corrected chi connectivity index (χ3v) is 6.35. The Hall–Kier alpha value is -3.52. The summed E-state index contributed by atoms with van der Waals surface area (Å²) in [5.74, 6) is 1.17. The molecule has 0 saturated carbocycles. The number of carbonyl (C=O) groups is 1. The SMILES string of the molecule is COc1cccc(CCCNCCCCN(C(=O)c2cccc(C(F)(F)F)c2)c2ccccc2OCC(C)C)c1. The van der Waals surface area contributed by atoms with Crippen LogP contribution in [0.3, 0.4) is 0 Å². The lowest BCUT2D eigenvalue weighted by molar-refractivity contribution is -0.137. The first-order chi connectivity index (χ1) is 19.2. The van der Waals surface area contributed by atoms with Crippen molar-refractivity contribution in [2.24, 2.45) is 5.92 Å². The Labute approximate surface area is 235 Å². The van der Waals surface area contributed by atoms with Crippen LogP contribution in [0, 0.1) is 5.92 Å². The molecule has 3 aromatic rings. The molecule has 0 atom stereocenters. The summed E-state index contributed by atoms with van der Waals surface area (Å²) < 4.78 is 51.3. The number of methoxy groups -OCH3 is 1. The van der Waals surface area contributed by atoms with Gasteiger partial charge < -0.3 is 19.7 Å². The molecule has 0 aromatic heterocycles. The first kappa shape index (κ1) is 31.0. The number of rotatable bonds is 15. The van der Waals surface area contributed by atoms with E-state index in [1.54, 1.807) is 25.3 Å². The fourth-order valence-electron chi connectivity index (χ4n) is 4.26. The molecule has 5 nitrogen and oxygen atoms in total. The van der Waals surface area contributed by atoms with Gasteiger partial charge in [-0.05, 0) is 92.7 Å². The molecule has 8 heteroatoms. The van der Waals surface area contributed by atoms with Crippen molar-refractivity contribution in [1.82, 2.24) is 5.32 Å². The lowest BCUT2D eigenvalue weighted by Crippen LogP contribution is -2.33. The predicted octanol–water partition coefficient (Wildman–Crippen LogP) is 7.40. The highest BCUT2D eigenvalue weighted by molar-refractivity contribution is 6.07. The quantitative estimate of drug-likeness (QED) is 0.198. The fraction of sp³-hybridized carbons (Fsp3) is 0.406. The second-order valence-electron chi connectivity index (χ2n) is 10.1. The molecule has 0 spiro atoms. The summed E-state index contributed by atoms with van der Waals surface area (Å²) in [7, 11) is 1.66. The van der Waals surface area contributed by atoms with Crippen LogP contribution < -0.4 is 19.7 Å². The number of aryl methyl sites for hydroxylation is 1. The number of carbonyl (C=O) groups excluding carboxylic acids is 1. The van der Waals surface area contributed by atoms with Gasteiger partial charge in [-0.2, -0.15) is 13.2 Å². The zero-order valence-corrected chi connectivity index (χ0v) is 23.5. The second kappa shape index (κ2) is 15.3. The molecule has 3 aromatic carbocycles. The number of alkyl halides is 3. The number of halogens is 3. The number of nitrogens with zero attached hydrogens (tertiary/aromatic N) is 1. The van der Waals surface area contributed by atoms with Crippen molar-refractivity contribution in [2.75, 3.05) is 38.3 Å². The molecule has 0 saturated heterocycles. The van der Waals surface area contributed by atoms with Crippen molar-refractivity contribution in [3.05, 3.63) is 89.5 Å². The monoisotopic (exact) mass is 556 g/mol. The molecule has 0 aliphatic carbocycles. The lowest BCUT2D eigenvalue weighted by Gasteiger charge is -2.26. The van der Waals surface area contributed by atoms with Crippen LogP contribution in [0.1, 0.15) is 54.6 Å². The molecule has 0 heterocycles. The van der Waals surface area contributed by atoms with Gasteiger partial charge in [0.15, 0.2) is 0 Å². The standard InChI is InChI=1S/C32H39F3N2O3/c1-24(2)23-40-30-17-5-4-16-29(30)37(31(38)26-13-9-14-27(22-26)32(33,34)35)20-7-6-18-36-19-10-12-25-11-8-15-28(21-25)39-3/h4-5,8-9,11,13-17,21-22,24,36H,6-7,10,12,18-20,23H2,1-3H3. The first-order valence-electron chi connectivity index (χ1n) is 13.7. The molecule has 0 aliphatic heterocycles. The number of para-hydroxylation sites is 2. The van der Waals surface area contributed by atoms with Gasteiger partial charge in [-0.25, -0.2) is 0 Å². The van der Waals surface area contributed by atoms with Gasteiger partial charge >= 0.3 is 6.18 Å². The maximum absolute atomic E-state index is 13.6. The molecule has 0 bridgehead atoms. The summed E-state index contributed by atoms with van der Waals surface area (Å²) >= 11 is 0. The Morgan fingerprint density at radius 2 is 1.68 bits per heavy atom. The topological polar surface area (TPSA) is 50.8 Å². The lowest BCUT2D eigenvalue weighted by atomic mass is 10.1. The van der Waals surface area contributed by atoms with E-state index in [9.17, 15) is 18.0 Å². The molecule has 0 unspecified atom stereocenters. The van der Waals surface area contributed by atoms with Crippen LogP contribution in [0.5, 0.6) is 11.5 Å². The Morgan fingerprint density at radius 1 is 0.925 bits per heavy atom. The summed E-state index contributed by atoms with van der Waals surface area (Å²) in [4.78, 5) is 15.1. The molecule has 0 aliphatic rings. The number of amides is 1. The largest absolute Gasteiger partial charge is 0.497 e. The normalized spacial score (nSPS) is 11.5. The minimum absolute atomic E-state index is 0.0100. The van der Waals surface area contributed by atoms with E-state index in [-0.39, 0.29) is 11.5 Å². The van der Waals surface area contributed by atoms with Crippen LogP contribution in [0.2, 0.25) is 0 Å². The summed E-state index contributed by atoms with van der Waals surface area (Å²) in [5, 5.41) is 3.44. The average molecular weight is 557 g/mol. The fourth-order valence-corrected chi connectivity index (χ4v) is 4.26. The van der Waals surface area contributed by atoms with E-state index in [0.717, 1.165) is 50.2 Å². The number of benzene rings is 3. The molecule has 0 fully saturated rings. The van der Waals surface area contributed by atoms with Crippen molar-refractivity contribution < 1.29 is 27.4 Å². The van der Waals surface area contributed by atoms with Gasteiger partial charge in [-0.1, -0.05) is 44.2 Å². The minimum Gasteiger partial charge on any atom is -0.497 e. The molecule has 1 amide bonds. The predicted molar refractivity (Wildman–Crippen MR) is 153 cm³/mol. The highest BCUT2D eigenvalue weighted by Gasteiger charge is 2.31. The Morgan fingerprint density at radius 3 is 2.42 bits per heavy atom. The van der Waals surface area contributed by atoms with Gasteiger partial charge in [-0.15, -0.1) is 0 Å². The van der Waals surface area contributed by atoms with Gasteiger partial charge in [0.05, 0.1) is 25.0 Å². The van der Waals surface area contributed by atoms with E-state index in [1.807, 2.05) is 38.1 Å². The van der Waals surface area contributed by atoms with Crippen LogP contribution in [0.25, 0.3) is 0 Å². The maximum atomic E-state index is 13.6. The number of hydrogen-bond donors (Lipinski definition) is 1. The van der Waals surface area contributed by atoms with Crippen molar-refractivity contribution in [3.63, 3.8) is 0 Å². The van der Waals surface area contributed by atoms with Crippen molar-refractivity contribution in [1.29, 1.82) is 0 Å². The van der Waals surface area contributed by atoms with Crippen molar-refractivity contribution in [3.8, 4) is 11.5 Å². The van der Waals surface area contributed by atoms with Crippen molar-refractivity contribution in [2.45, 2.75) is 45.7 Å². The van der Waals surface area contributed by atoms with E-state index < -0.39 is 17.6 Å². The molecule has 3 rings (SSSR count). The van der Waals surface area contributed by atoms with Gasteiger partial charge in [-0.3, -0.25) is 4.79 Å². The van der Waals surface area contributed by atoms with Gasteiger partial charge in [0.1, 0.15) is 11.5 Å². The maximum Gasteiger partial charge on any atom is 0.416 e. The Balaban J connectivity index is 1.62. The van der Waals surface area contributed by atoms with Crippen LogP contribution >= 0.6 is 0 Å². The zero-order valence-electron chi connectivity index (χ0n) is 23.5. The van der Waals surface area contributed by atoms with Crippen LogP contribution in [0.4, 0.5) is 18.9 Å². The number of nitrogens with one attached hydrogen (secondary N) is 1. The smallest absolute Gasteiger partial charge is 0.416 e. The number of anilines is 1. The molecule has 1 N–H and O–H groups in total. The number of hydrogen-bond acceptors (Lipinski definition) is 4. The van der Waals surface area contributed by atoms with Gasteiger partial charge in [0.2, 0.25) is 0 Å². The summed E-state index contributed by atoms with van der Waals surface area (Å²) in [6.45, 7) is 6.49. The van der Waals surface area contributed by atoms with E-state index in [4.69, 9.17) is 9.47 Å². The Bertz CT molecular complexity index is 1210. The van der Waals surface area contributed by atoms with Crippen molar-refractivity contribution >= 4 is 11.6 Å². The third-order valence-electron chi connectivity index (χ3n) is 6.35. The van der Waals surface area contributed by atoms with Crippen LogP contribution in [0.15, 0.2) is 72.8 Å². The highest BCUT2D eigenvalue weighted by Crippen LogP contribution is 2.32. The zero-order chi connectivity index (χ0) is 29.0. The summed E-state index contributed by atoms with van der Waals surface area (Å²) in [6, 6.07) is 19.8. The minimum atomic E-state index is -4.53. The van der Waals surface area contributed by atoms with E-state index in [2.05, 4.69) is 11.4 Å². The number of unbranched alkanes of at least 4 members (excludes halogenated alkanes) is 1. The van der Waals surface area contributed by atoms with Crippen LogP contribution in [-0.4, -0.2) is 39.3 Å². The summed E-state index contributed by atoms with van der Waals surface area (Å²) in [5.41, 5.74) is 0.921. The molecular weight excluding hydrogens is 517 g/mol. The third kappa shape index (κ3) is 9.59. The first-order valence-corrected chi connectivity index (χ1v) is 13.7. The average Bonchev–Trinajstić information content (AvgIpc) is 2.95. The van der Waals surface area contributed by atoms with E-state index >= 15 is 0 Å². The van der Waals surface area contributed by atoms with Gasteiger partial charge in [0.25, 0.3) is 5.91 Å². The summed E-state index contributed by atoms with van der Waals surface area (Å²) in [6.07, 6.45) is -1.13. The highest BCUT2D eigenvalue weighted by atomic mass is 19.4. The molecule has 0 radical (unpaired) electrons. The molecule has 40 heavy (non-hydrogen) atoms. The Kier molecular flexibility index (Phi) is 11.9. The molecular formula is C32H39F3N2O3. The van der Waals surface area contributed by atoms with E-state index in [0.29, 0.717) is 31.0 Å². The van der Waals surface area contributed by atoms with E-state index in [1.165, 1.54) is 22.6 Å². The second-order valence-corrected chi connectivity index (χ2v) is 10.1. The molecule has 216 valence electrons. The van der Waals surface area contributed by atoms with Crippen LogP contribution in [-0.2, 0) is 12.6 Å². The van der Waals surface area contributed by atoms with Gasteiger partial charge in [0, 0.05) is 12.1 Å².